The number of hydrogen-bond acceptors (Lipinski definition) is 3. The van der Waals surface area contributed by atoms with Crippen LogP contribution in [-0.2, 0) is 20.6 Å². The minimum absolute atomic E-state index is 0.726. The average molecular weight is 284 g/mol. The van der Waals surface area contributed by atoms with Gasteiger partial charge in [-0.2, -0.15) is 10.2 Å². The van der Waals surface area contributed by atoms with E-state index < -0.39 is 0 Å². The Bertz CT molecular complexity index is 499. The van der Waals surface area contributed by atoms with Gasteiger partial charge in [0.2, 0.25) is 0 Å². The number of halogens is 1. The number of aromatic nitrogens is 4. The summed E-state index contributed by atoms with van der Waals surface area (Å²) in [6, 6.07) is 0. The molecule has 86 valence electrons. The van der Waals surface area contributed by atoms with E-state index in [-0.39, 0.29) is 0 Å². The van der Waals surface area contributed by atoms with Gasteiger partial charge in [0.15, 0.2) is 0 Å². The fraction of sp³-hybridized carbons (Fsp3) is 0.400. The van der Waals surface area contributed by atoms with Crippen LogP contribution in [0.2, 0.25) is 0 Å². The molecule has 5 nitrogen and oxygen atoms in total. The van der Waals surface area contributed by atoms with E-state index in [4.69, 9.17) is 0 Å². The van der Waals surface area contributed by atoms with E-state index in [1.54, 1.807) is 10.9 Å². The monoisotopic (exact) mass is 283 g/mol. The lowest BCUT2D eigenvalue weighted by Gasteiger charge is -2.04. The van der Waals surface area contributed by atoms with Crippen molar-refractivity contribution in [1.29, 1.82) is 0 Å². The van der Waals surface area contributed by atoms with Crippen LogP contribution in [0.4, 0.5) is 5.69 Å². The van der Waals surface area contributed by atoms with Gasteiger partial charge in [-0.1, -0.05) is 0 Å². The lowest BCUT2D eigenvalue weighted by Crippen LogP contribution is -2.05. The van der Waals surface area contributed by atoms with Crippen molar-refractivity contribution >= 4 is 21.6 Å². The van der Waals surface area contributed by atoms with E-state index in [9.17, 15) is 0 Å². The smallest absolute Gasteiger partial charge is 0.0739 e. The molecule has 0 radical (unpaired) electrons. The molecular formula is C10H14BrN5. The highest BCUT2D eigenvalue weighted by molar-refractivity contribution is 9.10. The van der Waals surface area contributed by atoms with Gasteiger partial charge in [-0.25, -0.2) is 0 Å². The van der Waals surface area contributed by atoms with Crippen LogP contribution >= 0.6 is 15.9 Å². The molecular weight excluding hydrogens is 270 g/mol. The maximum Gasteiger partial charge on any atom is 0.0739 e. The van der Waals surface area contributed by atoms with E-state index in [1.807, 2.05) is 31.9 Å². The predicted octanol–water partition coefficient (Wildman–Crippen LogP) is 1.84. The first-order chi connectivity index (χ1) is 7.58. The summed E-state index contributed by atoms with van der Waals surface area (Å²) in [5.41, 5.74) is 3.14. The number of nitrogens with one attached hydrogen (secondary N) is 1. The molecule has 2 heterocycles. The lowest BCUT2D eigenvalue weighted by molar-refractivity contribution is 0.712. The predicted molar refractivity (Wildman–Crippen MR) is 66.2 cm³/mol. The molecule has 16 heavy (non-hydrogen) atoms. The van der Waals surface area contributed by atoms with Crippen molar-refractivity contribution < 1.29 is 0 Å². The second-order valence-electron chi connectivity index (χ2n) is 3.73. The Balaban J connectivity index is 2.10. The molecule has 0 bridgehead atoms. The molecule has 0 atom stereocenters. The van der Waals surface area contributed by atoms with Gasteiger partial charge in [0.1, 0.15) is 0 Å². The zero-order valence-electron chi connectivity index (χ0n) is 9.53. The van der Waals surface area contributed by atoms with Crippen LogP contribution in [0.1, 0.15) is 11.4 Å². The molecule has 0 fully saturated rings. The molecule has 0 aliphatic carbocycles. The standard InChI is InChI=1S/C10H14BrN5/c1-7-10(11)9(16(3)14-7)5-12-8-4-13-15(2)6-8/h4,6,12H,5H2,1-3H3. The van der Waals surface area contributed by atoms with Crippen molar-refractivity contribution in [3.63, 3.8) is 0 Å². The zero-order chi connectivity index (χ0) is 11.7. The maximum absolute atomic E-state index is 4.34. The van der Waals surface area contributed by atoms with Crippen molar-refractivity contribution in [2.75, 3.05) is 5.32 Å². The third-order valence-corrected chi connectivity index (χ3v) is 3.46. The molecule has 6 heteroatoms. The van der Waals surface area contributed by atoms with Crippen molar-refractivity contribution in [3.05, 3.63) is 28.3 Å². The Hall–Kier alpha value is -1.30. The molecule has 0 aliphatic rings. The SMILES string of the molecule is Cc1nn(C)c(CNc2cnn(C)c2)c1Br. The third kappa shape index (κ3) is 2.11. The summed E-state index contributed by atoms with van der Waals surface area (Å²) in [5.74, 6) is 0. The lowest BCUT2D eigenvalue weighted by atomic mass is 10.3. The van der Waals surface area contributed by atoms with Crippen LogP contribution in [0, 0.1) is 6.92 Å². The number of nitrogens with zero attached hydrogens (tertiary/aromatic N) is 4. The van der Waals surface area contributed by atoms with E-state index in [0.717, 1.165) is 28.1 Å². The largest absolute Gasteiger partial charge is 0.377 e. The molecule has 0 saturated heterocycles. The van der Waals surface area contributed by atoms with Crippen LogP contribution in [0.3, 0.4) is 0 Å². The Labute approximate surface area is 103 Å². The molecule has 0 aliphatic heterocycles. The summed E-state index contributed by atoms with van der Waals surface area (Å²) in [5, 5.41) is 11.7. The van der Waals surface area contributed by atoms with Gasteiger partial charge in [-0.15, -0.1) is 0 Å². The average Bonchev–Trinajstić information content (AvgIpc) is 2.72. The summed E-state index contributed by atoms with van der Waals surface area (Å²) in [7, 11) is 3.84. The Morgan fingerprint density at radius 1 is 1.44 bits per heavy atom. The van der Waals surface area contributed by atoms with E-state index in [2.05, 4.69) is 31.4 Å². The van der Waals surface area contributed by atoms with Gasteiger partial charge in [0.05, 0.1) is 34.3 Å². The molecule has 0 amide bonds. The van der Waals surface area contributed by atoms with E-state index in [1.165, 1.54) is 0 Å². The minimum atomic E-state index is 0.726. The molecule has 0 unspecified atom stereocenters. The highest BCUT2D eigenvalue weighted by Gasteiger charge is 2.10. The van der Waals surface area contributed by atoms with Crippen LogP contribution < -0.4 is 5.32 Å². The number of hydrogen-bond donors (Lipinski definition) is 1. The highest BCUT2D eigenvalue weighted by Crippen LogP contribution is 2.21. The first-order valence-corrected chi connectivity index (χ1v) is 5.77. The molecule has 2 aromatic rings. The molecule has 0 spiro atoms. The van der Waals surface area contributed by atoms with Gasteiger partial charge in [0, 0.05) is 20.3 Å². The van der Waals surface area contributed by atoms with Gasteiger partial charge in [-0.3, -0.25) is 9.36 Å². The minimum Gasteiger partial charge on any atom is -0.377 e. The number of aryl methyl sites for hydroxylation is 3. The number of anilines is 1. The molecule has 2 aromatic heterocycles. The van der Waals surface area contributed by atoms with E-state index in [0.29, 0.717) is 0 Å². The molecule has 1 N–H and O–H groups in total. The third-order valence-electron chi connectivity index (χ3n) is 2.43. The van der Waals surface area contributed by atoms with Crippen molar-refractivity contribution in [2.45, 2.75) is 13.5 Å². The van der Waals surface area contributed by atoms with Crippen molar-refractivity contribution in [1.82, 2.24) is 19.6 Å². The summed E-state index contributed by atoms with van der Waals surface area (Å²) in [6.07, 6.45) is 3.74. The summed E-state index contributed by atoms with van der Waals surface area (Å²) < 4.78 is 4.71. The zero-order valence-corrected chi connectivity index (χ0v) is 11.1. The molecule has 0 aromatic carbocycles. The first kappa shape index (κ1) is 11.2. The van der Waals surface area contributed by atoms with Gasteiger partial charge < -0.3 is 5.32 Å². The Kier molecular flexibility index (Phi) is 3.00. The fourth-order valence-corrected chi connectivity index (χ4v) is 2.05. The summed E-state index contributed by atoms with van der Waals surface area (Å²) in [4.78, 5) is 0. The quantitative estimate of drug-likeness (QED) is 0.935. The topological polar surface area (TPSA) is 47.7 Å². The van der Waals surface area contributed by atoms with Gasteiger partial charge >= 0.3 is 0 Å². The highest BCUT2D eigenvalue weighted by atomic mass is 79.9. The summed E-state index contributed by atoms with van der Waals surface area (Å²) >= 11 is 3.54. The second kappa shape index (κ2) is 4.29. The molecule has 2 rings (SSSR count). The van der Waals surface area contributed by atoms with Crippen LogP contribution in [0.25, 0.3) is 0 Å². The second-order valence-corrected chi connectivity index (χ2v) is 4.52. The van der Waals surface area contributed by atoms with Crippen molar-refractivity contribution in [3.8, 4) is 0 Å². The van der Waals surface area contributed by atoms with Crippen LogP contribution in [0.5, 0.6) is 0 Å². The first-order valence-electron chi connectivity index (χ1n) is 4.98. The normalized spacial score (nSPS) is 10.8. The fourth-order valence-electron chi connectivity index (χ4n) is 1.57. The van der Waals surface area contributed by atoms with Crippen molar-refractivity contribution in [2.24, 2.45) is 14.1 Å². The van der Waals surface area contributed by atoms with Gasteiger partial charge in [-0.05, 0) is 22.9 Å². The van der Waals surface area contributed by atoms with Crippen LogP contribution in [-0.4, -0.2) is 19.6 Å². The van der Waals surface area contributed by atoms with E-state index >= 15 is 0 Å². The maximum atomic E-state index is 4.34. The number of rotatable bonds is 3. The summed E-state index contributed by atoms with van der Waals surface area (Å²) in [6.45, 7) is 2.71. The Morgan fingerprint density at radius 3 is 2.69 bits per heavy atom. The molecule has 0 saturated carbocycles. The Morgan fingerprint density at radius 2 is 2.19 bits per heavy atom. The van der Waals surface area contributed by atoms with Gasteiger partial charge in [0.25, 0.3) is 0 Å². The van der Waals surface area contributed by atoms with Crippen LogP contribution in [0.15, 0.2) is 16.9 Å².